The summed E-state index contributed by atoms with van der Waals surface area (Å²) in [7, 11) is 0. The van der Waals surface area contributed by atoms with Crippen molar-refractivity contribution in [1.29, 1.82) is 0 Å². The first kappa shape index (κ1) is 30.7. The zero-order valence-electron chi connectivity index (χ0n) is 28.5. The second-order valence-electron chi connectivity index (χ2n) is 13.2. The van der Waals surface area contributed by atoms with Crippen molar-refractivity contribution in [2.45, 2.75) is 25.9 Å². The van der Waals surface area contributed by atoms with Gasteiger partial charge in [0, 0.05) is 27.9 Å². The summed E-state index contributed by atoms with van der Waals surface area (Å²) in [4.78, 5) is 5.21. The lowest BCUT2D eigenvalue weighted by Gasteiger charge is -2.19. The highest BCUT2D eigenvalue weighted by atomic mass is 16.3. The lowest BCUT2D eigenvalue weighted by atomic mass is 9.99. The molecule has 0 saturated heterocycles. The Morgan fingerprint density at radius 2 is 1.47 bits per heavy atom. The van der Waals surface area contributed by atoms with Gasteiger partial charge in [0.15, 0.2) is 0 Å². The molecule has 0 saturated carbocycles. The summed E-state index contributed by atoms with van der Waals surface area (Å²) < 4.78 is 9.07. The van der Waals surface area contributed by atoms with Crippen LogP contribution in [0.3, 0.4) is 0 Å². The van der Waals surface area contributed by atoms with Gasteiger partial charge < -0.3 is 14.3 Å². The molecule has 1 N–H and O–H groups in total. The molecule has 1 aliphatic rings. The molecule has 0 aliphatic heterocycles. The molecule has 0 fully saturated rings. The summed E-state index contributed by atoms with van der Waals surface area (Å²) >= 11 is 0. The number of benzene rings is 6. The Morgan fingerprint density at radius 1 is 0.725 bits per heavy atom. The number of rotatable bonds is 8. The first-order chi connectivity index (χ1) is 25.1. The molecular weight excluding hydrogens is 623 g/mol. The van der Waals surface area contributed by atoms with Gasteiger partial charge in [-0.3, -0.25) is 4.99 Å². The van der Waals surface area contributed by atoms with Crippen molar-refractivity contribution in [3.63, 3.8) is 0 Å². The highest BCUT2D eigenvalue weighted by Crippen LogP contribution is 2.40. The van der Waals surface area contributed by atoms with E-state index in [2.05, 4.69) is 145 Å². The lowest BCUT2D eigenvalue weighted by molar-refractivity contribution is 0.667. The molecule has 0 bridgehead atoms. The van der Waals surface area contributed by atoms with Gasteiger partial charge in [0.25, 0.3) is 0 Å². The van der Waals surface area contributed by atoms with Crippen molar-refractivity contribution < 1.29 is 4.42 Å². The normalized spacial score (nSPS) is 13.5. The molecular formula is C47H37N3O. The fraction of sp³-hybridized carbons (Fsp3) is 0.0851. The molecule has 8 aromatic rings. The van der Waals surface area contributed by atoms with E-state index in [0.717, 1.165) is 68.6 Å². The Labute approximate surface area is 297 Å². The molecule has 2 aromatic heterocycles. The molecule has 6 aromatic carbocycles. The fourth-order valence-corrected chi connectivity index (χ4v) is 7.50. The average Bonchev–Trinajstić information content (AvgIpc) is 3.73. The standard InChI is InChI=1S/C47H37N3O/c1-31(33-15-6-3-7-16-33)48-47(35-19-10-5-11-20-35)49-32(2)36-25-28-40-45(30-36)51-44-24-14-23-42(46(40)44)50-41-22-13-12-21-38(41)39-27-26-37(29-43(39)50)34-17-8-4-9-18-34/h3-11,13-20,22-30,47-48H,1,12,21H2,2H3/b49-32+. The van der Waals surface area contributed by atoms with Crippen LogP contribution >= 0.6 is 0 Å². The predicted molar refractivity (Wildman–Crippen MR) is 213 cm³/mol. The van der Waals surface area contributed by atoms with E-state index in [0.29, 0.717) is 0 Å². The second kappa shape index (κ2) is 12.8. The zero-order valence-corrected chi connectivity index (χ0v) is 28.5. The first-order valence-corrected chi connectivity index (χ1v) is 17.6. The first-order valence-electron chi connectivity index (χ1n) is 17.6. The van der Waals surface area contributed by atoms with E-state index in [1.165, 1.54) is 33.3 Å². The number of nitrogens with zero attached hydrogens (tertiary/aromatic N) is 2. The van der Waals surface area contributed by atoms with Gasteiger partial charge in [-0.2, -0.15) is 0 Å². The summed E-state index contributed by atoms with van der Waals surface area (Å²) in [5.74, 6) is 0. The summed E-state index contributed by atoms with van der Waals surface area (Å²) in [6.07, 6.45) is 6.37. The lowest BCUT2D eigenvalue weighted by Crippen LogP contribution is -2.19. The molecule has 51 heavy (non-hydrogen) atoms. The van der Waals surface area contributed by atoms with E-state index in [-0.39, 0.29) is 6.17 Å². The number of aryl methyl sites for hydroxylation is 1. The van der Waals surface area contributed by atoms with Crippen molar-refractivity contribution in [2.24, 2.45) is 4.99 Å². The fourth-order valence-electron chi connectivity index (χ4n) is 7.50. The van der Waals surface area contributed by atoms with Crippen molar-refractivity contribution >= 4 is 50.3 Å². The van der Waals surface area contributed by atoms with Crippen molar-refractivity contribution in [1.82, 2.24) is 9.88 Å². The zero-order chi connectivity index (χ0) is 34.3. The van der Waals surface area contributed by atoms with Gasteiger partial charge in [-0.05, 0) is 89.6 Å². The Balaban J connectivity index is 1.15. The third-order valence-corrected chi connectivity index (χ3v) is 10.1. The maximum Gasteiger partial charge on any atom is 0.145 e. The molecule has 4 heteroatoms. The number of allylic oxidation sites excluding steroid dienone is 1. The Morgan fingerprint density at radius 3 is 2.27 bits per heavy atom. The number of furan rings is 1. The largest absolute Gasteiger partial charge is 0.456 e. The Hall–Kier alpha value is -6.39. The highest BCUT2D eigenvalue weighted by molar-refractivity contribution is 6.12. The molecule has 1 unspecified atom stereocenters. The molecule has 0 spiro atoms. The average molecular weight is 660 g/mol. The quantitative estimate of drug-likeness (QED) is 0.165. The van der Waals surface area contributed by atoms with Crippen LogP contribution in [-0.4, -0.2) is 10.3 Å². The van der Waals surface area contributed by atoms with Crippen LogP contribution in [0.1, 0.15) is 47.5 Å². The van der Waals surface area contributed by atoms with E-state index in [1.807, 2.05) is 36.4 Å². The summed E-state index contributed by atoms with van der Waals surface area (Å²) in [6, 6.07) is 50.9. The molecule has 1 atom stereocenters. The van der Waals surface area contributed by atoms with E-state index >= 15 is 0 Å². The third-order valence-electron chi connectivity index (χ3n) is 10.1. The number of hydrogen-bond donors (Lipinski definition) is 1. The highest BCUT2D eigenvalue weighted by Gasteiger charge is 2.22. The molecule has 9 rings (SSSR count). The van der Waals surface area contributed by atoms with Crippen molar-refractivity contribution in [3.05, 3.63) is 186 Å². The second-order valence-corrected chi connectivity index (χ2v) is 13.2. The number of aromatic nitrogens is 1. The van der Waals surface area contributed by atoms with E-state index in [1.54, 1.807) is 0 Å². The monoisotopic (exact) mass is 659 g/mol. The van der Waals surface area contributed by atoms with Crippen molar-refractivity contribution in [2.75, 3.05) is 0 Å². The SMILES string of the molecule is C=C(NC(/N=C(\C)c1ccc2c(c1)oc1cccc(-n3c4c(c5ccc(-c6ccccc6)cc53)CCC=C4)c12)c1ccccc1)c1ccccc1. The van der Waals surface area contributed by atoms with Crippen LogP contribution in [-0.2, 0) is 6.42 Å². The molecule has 0 radical (unpaired) electrons. The minimum atomic E-state index is -0.307. The van der Waals surface area contributed by atoms with Crippen LogP contribution in [0.4, 0.5) is 0 Å². The summed E-state index contributed by atoms with van der Waals surface area (Å²) in [5, 5.41) is 7.08. The molecule has 2 heterocycles. The van der Waals surface area contributed by atoms with Crippen LogP contribution in [0.2, 0.25) is 0 Å². The van der Waals surface area contributed by atoms with Crippen LogP contribution in [0.25, 0.3) is 61.4 Å². The van der Waals surface area contributed by atoms with Gasteiger partial charge in [-0.1, -0.05) is 128 Å². The number of aliphatic imine (C=N–C) groups is 1. The maximum absolute atomic E-state index is 6.63. The molecule has 0 amide bonds. The van der Waals surface area contributed by atoms with Gasteiger partial charge in [0.05, 0.1) is 16.6 Å². The minimum absolute atomic E-state index is 0.307. The summed E-state index contributed by atoms with van der Waals surface area (Å²) in [6.45, 7) is 6.39. The number of nitrogens with one attached hydrogen (secondary N) is 1. The van der Waals surface area contributed by atoms with Crippen LogP contribution in [0, 0.1) is 0 Å². The molecule has 246 valence electrons. The topological polar surface area (TPSA) is 42.5 Å². The Bertz CT molecular complexity index is 2630. The van der Waals surface area contributed by atoms with Crippen LogP contribution in [0.15, 0.2) is 168 Å². The van der Waals surface area contributed by atoms with Gasteiger partial charge in [0.2, 0.25) is 0 Å². The van der Waals surface area contributed by atoms with Crippen LogP contribution < -0.4 is 5.32 Å². The van der Waals surface area contributed by atoms with Gasteiger partial charge >= 0.3 is 0 Å². The maximum atomic E-state index is 6.63. The van der Waals surface area contributed by atoms with E-state index < -0.39 is 0 Å². The summed E-state index contributed by atoms with van der Waals surface area (Å²) in [5.41, 5.74) is 14.0. The van der Waals surface area contributed by atoms with Gasteiger partial charge in [-0.15, -0.1) is 0 Å². The third kappa shape index (κ3) is 5.55. The van der Waals surface area contributed by atoms with Crippen molar-refractivity contribution in [3.8, 4) is 16.8 Å². The van der Waals surface area contributed by atoms with Gasteiger partial charge in [-0.25, -0.2) is 0 Å². The van der Waals surface area contributed by atoms with E-state index in [9.17, 15) is 0 Å². The Kier molecular flexibility index (Phi) is 7.70. The predicted octanol–water partition coefficient (Wildman–Crippen LogP) is 11.9. The van der Waals surface area contributed by atoms with E-state index in [4.69, 9.17) is 9.41 Å². The smallest absolute Gasteiger partial charge is 0.145 e. The van der Waals surface area contributed by atoms with Gasteiger partial charge in [0.1, 0.15) is 17.3 Å². The molecule has 1 aliphatic carbocycles. The molecule has 4 nitrogen and oxygen atoms in total. The number of fused-ring (bicyclic) bond motifs is 6. The minimum Gasteiger partial charge on any atom is -0.456 e. The van der Waals surface area contributed by atoms with Crippen LogP contribution in [0.5, 0.6) is 0 Å². The number of hydrogen-bond acceptors (Lipinski definition) is 3.